The van der Waals surface area contributed by atoms with Gasteiger partial charge >= 0.3 is 5.69 Å². The highest BCUT2D eigenvalue weighted by Crippen LogP contribution is 2.36. The molecule has 1 aromatic carbocycles. The predicted octanol–water partition coefficient (Wildman–Crippen LogP) is 1.52. The van der Waals surface area contributed by atoms with Gasteiger partial charge in [0.1, 0.15) is 16.2 Å². The second kappa shape index (κ2) is 3.46. The molecule has 3 N–H and O–H groups in total. The van der Waals surface area contributed by atoms with Crippen LogP contribution in [0.25, 0.3) is 11.0 Å². The minimum Gasteiger partial charge on any atom is -0.393 e. The summed E-state index contributed by atoms with van der Waals surface area (Å²) in [6, 6.07) is 1.32. The number of hydrogen-bond donors (Lipinski definition) is 2. The van der Waals surface area contributed by atoms with Crippen molar-refractivity contribution in [3.05, 3.63) is 27.0 Å². The van der Waals surface area contributed by atoms with Crippen molar-refractivity contribution < 1.29 is 9.72 Å². The van der Waals surface area contributed by atoms with E-state index in [-0.39, 0.29) is 22.1 Å². The first-order valence-electron chi connectivity index (χ1n) is 4.12. The molecule has 1 heterocycles. The van der Waals surface area contributed by atoms with E-state index in [0.29, 0.717) is 11.8 Å². The van der Waals surface area contributed by atoms with Crippen LogP contribution in [0, 0.1) is 10.1 Å². The number of rotatable bonds is 2. The lowest BCUT2D eigenvalue weighted by molar-refractivity contribution is -0.383. The van der Waals surface area contributed by atoms with Gasteiger partial charge < -0.3 is 10.7 Å². The molecule has 0 saturated carbocycles. The zero-order chi connectivity index (χ0) is 11.9. The second-order valence-corrected chi connectivity index (χ2v) is 3.40. The molecule has 2 aromatic rings. The molecule has 0 bridgehead atoms. The van der Waals surface area contributed by atoms with Crippen LogP contribution in [0.5, 0.6) is 0 Å². The van der Waals surface area contributed by atoms with E-state index in [1.54, 1.807) is 0 Å². The van der Waals surface area contributed by atoms with Crippen molar-refractivity contribution in [2.45, 2.75) is 0 Å². The van der Waals surface area contributed by atoms with Crippen LogP contribution in [0.4, 0.5) is 11.4 Å². The molecule has 0 aliphatic carbocycles. The van der Waals surface area contributed by atoms with Crippen LogP contribution in [0.3, 0.4) is 0 Å². The van der Waals surface area contributed by atoms with Gasteiger partial charge in [-0.1, -0.05) is 11.6 Å². The third kappa shape index (κ3) is 1.38. The summed E-state index contributed by atoms with van der Waals surface area (Å²) in [5, 5.41) is 10.5. The first kappa shape index (κ1) is 10.4. The number of nitrogen functional groups attached to an aromatic ring is 1. The zero-order valence-electron chi connectivity index (χ0n) is 7.73. The Morgan fingerprint density at radius 1 is 1.62 bits per heavy atom. The number of benzene rings is 1. The van der Waals surface area contributed by atoms with Gasteiger partial charge in [-0.3, -0.25) is 14.9 Å². The Bertz CT molecular complexity index is 607. The van der Waals surface area contributed by atoms with Gasteiger partial charge in [0.15, 0.2) is 12.1 Å². The fourth-order valence-corrected chi connectivity index (χ4v) is 1.70. The summed E-state index contributed by atoms with van der Waals surface area (Å²) in [5.74, 6) is 0.0387. The van der Waals surface area contributed by atoms with E-state index in [1.807, 2.05) is 0 Å². The zero-order valence-corrected chi connectivity index (χ0v) is 8.49. The van der Waals surface area contributed by atoms with Crippen LogP contribution in [0.15, 0.2) is 6.07 Å². The number of nitro groups is 1. The number of anilines is 1. The van der Waals surface area contributed by atoms with Gasteiger partial charge in [-0.25, -0.2) is 4.98 Å². The van der Waals surface area contributed by atoms with E-state index in [9.17, 15) is 14.9 Å². The summed E-state index contributed by atoms with van der Waals surface area (Å²) in [4.78, 5) is 26.9. The minimum atomic E-state index is -0.688. The van der Waals surface area contributed by atoms with Gasteiger partial charge in [-0.05, 0) is 6.07 Å². The number of fused-ring (bicyclic) bond motifs is 1. The number of aromatic amines is 1. The Kier molecular flexibility index (Phi) is 2.24. The molecule has 1 aromatic heterocycles. The topological polar surface area (TPSA) is 115 Å². The number of aromatic nitrogens is 2. The first-order chi connectivity index (χ1) is 7.54. The van der Waals surface area contributed by atoms with Crippen LogP contribution < -0.4 is 5.73 Å². The van der Waals surface area contributed by atoms with Crippen LogP contribution >= 0.6 is 11.6 Å². The molecule has 0 spiro atoms. The Balaban J connectivity index is 2.86. The molecule has 0 amide bonds. The molecule has 0 aliphatic rings. The van der Waals surface area contributed by atoms with Crippen molar-refractivity contribution in [3.8, 4) is 0 Å². The lowest BCUT2D eigenvalue weighted by Gasteiger charge is -1.99. The van der Waals surface area contributed by atoms with Gasteiger partial charge in [0, 0.05) is 0 Å². The average Bonchev–Trinajstić information content (AvgIpc) is 2.60. The molecule has 0 aliphatic heterocycles. The Morgan fingerprint density at radius 2 is 2.31 bits per heavy atom. The largest absolute Gasteiger partial charge is 0.393 e. The number of aldehydes is 1. The maximum Gasteiger partial charge on any atom is 0.312 e. The lowest BCUT2D eigenvalue weighted by atomic mass is 10.2. The smallest absolute Gasteiger partial charge is 0.312 e. The van der Waals surface area contributed by atoms with Crippen molar-refractivity contribution in [2.75, 3.05) is 5.73 Å². The number of nitrogens with two attached hydrogens (primary N) is 1. The van der Waals surface area contributed by atoms with Gasteiger partial charge in [0.05, 0.1) is 10.4 Å². The van der Waals surface area contributed by atoms with Gasteiger partial charge in [-0.15, -0.1) is 0 Å². The van der Waals surface area contributed by atoms with E-state index in [4.69, 9.17) is 17.3 Å². The lowest BCUT2D eigenvalue weighted by Crippen LogP contribution is -1.96. The van der Waals surface area contributed by atoms with Crippen LogP contribution in [-0.2, 0) is 0 Å². The van der Waals surface area contributed by atoms with Crippen molar-refractivity contribution in [3.63, 3.8) is 0 Å². The number of carbonyl (C=O) groups excluding carboxylic acids is 1. The molecule has 82 valence electrons. The number of nitro benzene ring substituents is 1. The Hall–Kier alpha value is -2.15. The van der Waals surface area contributed by atoms with Crippen molar-refractivity contribution in [1.29, 1.82) is 0 Å². The normalized spacial score (nSPS) is 10.6. The molecule has 0 atom stereocenters. The SMILES string of the molecule is Nc1cc2[nH]c(C=O)nc2c(Cl)c1[N+](=O)[O-]. The van der Waals surface area contributed by atoms with Gasteiger partial charge in [0.2, 0.25) is 0 Å². The quantitative estimate of drug-likeness (QED) is 0.357. The summed E-state index contributed by atoms with van der Waals surface area (Å²) < 4.78 is 0. The van der Waals surface area contributed by atoms with E-state index in [2.05, 4.69) is 9.97 Å². The maximum atomic E-state index is 10.7. The summed E-state index contributed by atoms with van der Waals surface area (Å²) in [6.45, 7) is 0. The molecule has 16 heavy (non-hydrogen) atoms. The number of H-pyrrole nitrogens is 1. The van der Waals surface area contributed by atoms with Crippen LogP contribution in [0.1, 0.15) is 10.6 Å². The summed E-state index contributed by atoms with van der Waals surface area (Å²) in [5.41, 5.74) is 5.53. The van der Waals surface area contributed by atoms with Crippen LogP contribution in [-0.4, -0.2) is 21.2 Å². The van der Waals surface area contributed by atoms with Gasteiger partial charge in [0.25, 0.3) is 0 Å². The van der Waals surface area contributed by atoms with Crippen molar-refractivity contribution >= 4 is 40.3 Å². The molecule has 2 rings (SSSR count). The standard InChI is InChI=1S/C8H5ClN4O3/c9-6-7-4(11-5(2-14)12-7)1-3(10)8(6)13(15)16/h1-2H,10H2,(H,11,12). The number of imidazole rings is 1. The average molecular weight is 241 g/mol. The molecule has 0 radical (unpaired) electrons. The van der Waals surface area contributed by atoms with Gasteiger partial charge in [-0.2, -0.15) is 0 Å². The minimum absolute atomic E-state index is 0.0387. The molecular weight excluding hydrogens is 236 g/mol. The monoisotopic (exact) mass is 240 g/mol. The fourth-order valence-electron chi connectivity index (χ4n) is 1.38. The Labute approximate surface area is 93.4 Å². The van der Waals surface area contributed by atoms with E-state index < -0.39 is 10.6 Å². The first-order valence-corrected chi connectivity index (χ1v) is 4.49. The van der Waals surface area contributed by atoms with E-state index in [1.165, 1.54) is 6.07 Å². The molecule has 0 saturated heterocycles. The molecule has 7 nitrogen and oxygen atoms in total. The number of halogens is 1. The highest BCUT2D eigenvalue weighted by Gasteiger charge is 2.22. The third-order valence-corrected chi connectivity index (χ3v) is 2.39. The molecular formula is C8H5ClN4O3. The molecule has 0 unspecified atom stereocenters. The molecule has 8 heteroatoms. The van der Waals surface area contributed by atoms with E-state index in [0.717, 1.165) is 0 Å². The number of hydrogen-bond acceptors (Lipinski definition) is 5. The highest BCUT2D eigenvalue weighted by molar-refractivity contribution is 6.37. The number of nitrogens with zero attached hydrogens (tertiary/aromatic N) is 2. The summed E-state index contributed by atoms with van der Waals surface area (Å²) in [6.07, 6.45) is 0.484. The third-order valence-electron chi connectivity index (χ3n) is 2.03. The van der Waals surface area contributed by atoms with Crippen molar-refractivity contribution in [1.82, 2.24) is 9.97 Å². The fraction of sp³-hybridized carbons (Fsp3) is 0. The maximum absolute atomic E-state index is 10.7. The highest BCUT2D eigenvalue weighted by atomic mass is 35.5. The number of nitrogens with one attached hydrogen (secondary N) is 1. The van der Waals surface area contributed by atoms with Crippen LogP contribution in [0.2, 0.25) is 5.02 Å². The van der Waals surface area contributed by atoms with E-state index >= 15 is 0 Å². The van der Waals surface area contributed by atoms with Crippen molar-refractivity contribution in [2.24, 2.45) is 0 Å². The summed E-state index contributed by atoms with van der Waals surface area (Å²) in [7, 11) is 0. The molecule has 0 fully saturated rings. The Morgan fingerprint density at radius 3 is 2.88 bits per heavy atom. The predicted molar refractivity (Wildman–Crippen MR) is 57.6 cm³/mol. The number of carbonyl (C=O) groups is 1. The summed E-state index contributed by atoms with van der Waals surface area (Å²) >= 11 is 5.79. The second-order valence-electron chi connectivity index (χ2n) is 3.02.